The second-order valence-electron chi connectivity index (χ2n) is 5.51. The molecule has 3 rings (SSSR count). The first-order valence-corrected chi connectivity index (χ1v) is 8.40. The van der Waals surface area contributed by atoms with Gasteiger partial charge in [-0.15, -0.1) is 45.3 Å². The molecule has 1 aliphatic rings. The molecule has 1 aromatic heterocycles. The summed E-state index contributed by atoms with van der Waals surface area (Å²) in [5.41, 5.74) is 2.33. The normalized spacial score (nSPS) is 14.4. The maximum atomic E-state index is 8.03. The molecule has 2 aromatic rings. The maximum Gasteiger partial charge on any atom is 0.140 e. The Balaban J connectivity index is 0.00000132. The van der Waals surface area contributed by atoms with Gasteiger partial charge in [-0.05, 0) is 55.1 Å². The lowest BCUT2D eigenvalue weighted by Crippen LogP contribution is -2.29. The molecule has 126 valence electrons. The molecule has 0 unspecified atom stereocenters. The fourth-order valence-electron chi connectivity index (χ4n) is 2.70. The van der Waals surface area contributed by atoms with Gasteiger partial charge in [0.2, 0.25) is 0 Å². The molecule has 6 heteroatoms. The van der Waals surface area contributed by atoms with Crippen LogP contribution in [0.3, 0.4) is 0 Å². The van der Waals surface area contributed by atoms with Gasteiger partial charge in [-0.25, -0.2) is 0 Å². The second kappa shape index (κ2) is 10.2. The number of thiophene rings is 1. The number of nitrogens with one attached hydrogen (secondary N) is 2. The smallest absolute Gasteiger partial charge is 0.140 e. The number of benzene rings is 1. The number of nitrogens with zero attached hydrogens (tertiary/aromatic N) is 1. The predicted octanol–water partition coefficient (Wildman–Crippen LogP) is 5.33. The van der Waals surface area contributed by atoms with E-state index >= 15 is 0 Å². The number of rotatable bonds is 4. The number of piperidine rings is 1. The minimum atomic E-state index is 0. The van der Waals surface area contributed by atoms with Crippen LogP contribution in [0.25, 0.3) is 0 Å². The summed E-state index contributed by atoms with van der Waals surface area (Å²) < 4.78 is 0. The average Bonchev–Trinajstić information content (AvgIpc) is 3.05. The van der Waals surface area contributed by atoms with Gasteiger partial charge in [-0.2, -0.15) is 0 Å². The molecule has 23 heavy (non-hydrogen) atoms. The van der Waals surface area contributed by atoms with Crippen molar-refractivity contribution in [1.82, 2.24) is 4.90 Å². The fourth-order valence-corrected chi connectivity index (χ4v) is 3.33. The van der Waals surface area contributed by atoms with Gasteiger partial charge in [0.25, 0.3) is 0 Å². The SMILES string of the molecule is Br.Br.N=C(Nc1ccc(CN2CCCCC2)cc1)c1cccs1. The Morgan fingerprint density at radius 2 is 1.74 bits per heavy atom. The van der Waals surface area contributed by atoms with Crippen molar-refractivity contribution >= 4 is 56.8 Å². The Morgan fingerprint density at radius 3 is 2.35 bits per heavy atom. The summed E-state index contributed by atoms with van der Waals surface area (Å²) in [6.45, 7) is 3.49. The van der Waals surface area contributed by atoms with Crippen LogP contribution in [0, 0.1) is 5.41 Å². The van der Waals surface area contributed by atoms with E-state index in [9.17, 15) is 0 Å². The standard InChI is InChI=1S/C17H21N3S.2BrH/c18-17(16-5-4-12-21-16)19-15-8-6-14(7-9-15)13-20-10-2-1-3-11-20;;/h4-9,12H,1-3,10-11,13H2,(H2,18,19);2*1H. The molecule has 0 spiro atoms. The van der Waals surface area contributed by atoms with Crippen LogP contribution >= 0.6 is 45.3 Å². The molecule has 0 bridgehead atoms. The molecule has 1 aromatic carbocycles. The number of halogens is 2. The molecular formula is C17H23Br2N3S. The summed E-state index contributed by atoms with van der Waals surface area (Å²) in [5, 5.41) is 13.2. The van der Waals surface area contributed by atoms with Crippen molar-refractivity contribution in [3.8, 4) is 0 Å². The average molecular weight is 461 g/mol. The third-order valence-electron chi connectivity index (χ3n) is 3.85. The highest BCUT2D eigenvalue weighted by atomic mass is 79.9. The van der Waals surface area contributed by atoms with Crippen molar-refractivity contribution in [2.75, 3.05) is 18.4 Å². The van der Waals surface area contributed by atoms with Gasteiger partial charge in [0, 0.05) is 12.2 Å². The van der Waals surface area contributed by atoms with E-state index in [0.29, 0.717) is 5.84 Å². The molecule has 2 heterocycles. The maximum absolute atomic E-state index is 8.03. The van der Waals surface area contributed by atoms with Crippen LogP contribution in [-0.2, 0) is 6.54 Å². The Hall–Kier alpha value is -0.690. The molecule has 2 N–H and O–H groups in total. The van der Waals surface area contributed by atoms with Crippen LogP contribution < -0.4 is 5.32 Å². The van der Waals surface area contributed by atoms with Crippen LogP contribution in [-0.4, -0.2) is 23.8 Å². The molecule has 1 saturated heterocycles. The number of hydrogen-bond donors (Lipinski definition) is 2. The van der Waals surface area contributed by atoms with Gasteiger partial charge in [0.15, 0.2) is 0 Å². The number of anilines is 1. The number of amidine groups is 1. The molecule has 3 nitrogen and oxygen atoms in total. The third kappa shape index (κ3) is 6.03. The van der Waals surface area contributed by atoms with Gasteiger partial charge in [0.05, 0.1) is 4.88 Å². The highest BCUT2D eigenvalue weighted by Crippen LogP contribution is 2.17. The van der Waals surface area contributed by atoms with Crippen molar-refractivity contribution in [3.63, 3.8) is 0 Å². The zero-order chi connectivity index (χ0) is 14.5. The van der Waals surface area contributed by atoms with Crippen LogP contribution in [0.4, 0.5) is 5.69 Å². The zero-order valence-electron chi connectivity index (χ0n) is 13.0. The number of hydrogen-bond acceptors (Lipinski definition) is 3. The van der Waals surface area contributed by atoms with Gasteiger partial charge in [0.1, 0.15) is 5.84 Å². The lowest BCUT2D eigenvalue weighted by atomic mass is 10.1. The van der Waals surface area contributed by atoms with E-state index in [0.717, 1.165) is 17.1 Å². The van der Waals surface area contributed by atoms with E-state index < -0.39 is 0 Å². The van der Waals surface area contributed by atoms with Crippen molar-refractivity contribution in [2.24, 2.45) is 0 Å². The third-order valence-corrected chi connectivity index (χ3v) is 4.73. The second-order valence-corrected chi connectivity index (χ2v) is 6.46. The molecular weight excluding hydrogens is 438 g/mol. The lowest BCUT2D eigenvalue weighted by Gasteiger charge is -2.26. The molecule has 1 aliphatic heterocycles. The van der Waals surface area contributed by atoms with Gasteiger partial charge in [-0.3, -0.25) is 10.3 Å². The molecule has 0 aliphatic carbocycles. The zero-order valence-corrected chi connectivity index (χ0v) is 17.2. The van der Waals surface area contributed by atoms with E-state index in [1.165, 1.54) is 37.9 Å². The predicted molar refractivity (Wildman–Crippen MR) is 111 cm³/mol. The van der Waals surface area contributed by atoms with Crippen LogP contribution in [0.15, 0.2) is 41.8 Å². The largest absolute Gasteiger partial charge is 0.340 e. The minimum absolute atomic E-state index is 0. The fraction of sp³-hybridized carbons (Fsp3) is 0.353. The van der Waals surface area contributed by atoms with E-state index in [1.54, 1.807) is 11.3 Å². The quantitative estimate of drug-likeness (QED) is 0.478. The molecule has 0 saturated carbocycles. The van der Waals surface area contributed by atoms with Crippen molar-refractivity contribution in [2.45, 2.75) is 25.8 Å². The molecule has 0 amide bonds. The molecule has 1 fully saturated rings. The Morgan fingerprint density at radius 1 is 1.04 bits per heavy atom. The van der Waals surface area contributed by atoms with Crippen LogP contribution in [0.1, 0.15) is 29.7 Å². The Labute approximate surface area is 163 Å². The lowest BCUT2D eigenvalue weighted by molar-refractivity contribution is 0.221. The van der Waals surface area contributed by atoms with E-state index in [2.05, 4.69) is 34.5 Å². The number of likely N-dealkylation sites (tertiary alicyclic amines) is 1. The highest BCUT2D eigenvalue weighted by molar-refractivity contribution is 8.93. The van der Waals surface area contributed by atoms with Crippen molar-refractivity contribution in [1.29, 1.82) is 5.41 Å². The summed E-state index contributed by atoms with van der Waals surface area (Å²) in [6, 6.07) is 12.4. The molecule has 0 radical (unpaired) electrons. The minimum Gasteiger partial charge on any atom is -0.340 e. The first-order valence-electron chi connectivity index (χ1n) is 7.52. The van der Waals surface area contributed by atoms with Gasteiger partial charge in [-0.1, -0.05) is 24.6 Å². The first kappa shape index (κ1) is 20.4. The molecule has 0 atom stereocenters. The van der Waals surface area contributed by atoms with E-state index in [4.69, 9.17) is 5.41 Å². The van der Waals surface area contributed by atoms with Crippen molar-refractivity contribution < 1.29 is 0 Å². The van der Waals surface area contributed by atoms with Gasteiger partial charge >= 0.3 is 0 Å². The van der Waals surface area contributed by atoms with Gasteiger partial charge < -0.3 is 5.32 Å². The van der Waals surface area contributed by atoms with E-state index in [1.807, 2.05) is 17.5 Å². The van der Waals surface area contributed by atoms with Crippen molar-refractivity contribution in [3.05, 3.63) is 52.2 Å². The first-order chi connectivity index (χ1) is 10.3. The summed E-state index contributed by atoms with van der Waals surface area (Å²) >= 11 is 1.58. The van der Waals surface area contributed by atoms with Crippen LogP contribution in [0.2, 0.25) is 0 Å². The topological polar surface area (TPSA) is 39.1 Å². The Bertz CT molecular complexity index is 578. The Kier molecular flexibility index (Phi) is 9.06. The van der Waals surface area contributed by atoms with Crippen LogP contribution in [0.5, 0.6) is 0 Å². The summed E-state index contributed by atoms with van der Waals surface area (Å²) in [5.74, 6) is 0.466. The monoisotopic (exact) mass is 459 g/mol. The highest BCUT2D eigenvalue weighted by Gasteiger charge is 2.10. The van der Waals surface area contributed by atoms with E-state index in [-0.39, 0.29) is 34.0 Å². The summed E-state index contributed by atoms with van der Waals surface area (Å²) in [4.78, 5) is 3.49. The summed E-state index contributed by atoms with van der Waals surface area (Å²) in [7, 11) is 0. The summed E-state index contributed by atoms with van der Waals surface area (Å²) in [6.07, 6.45) is 4.04.